The fourth-order valence-electron chi connectivity index (χ4n) is 2.97. The highest BCUT2D eigenvalue weighted by atomic mass is 79.9. The second-order valence-corrected chi connectivity index (χ2v) is 8.79. The highest BCUT2D eigenvalue weighted by Gasteiger charge is 2.36. The molecule has 4 nitrogen and oxygen atoms in total. The summed E-state index contributed by atoms with van der Waals surface area (Å²) in [6.07, 6.45) is 0.679. The maximum absolute atomic E-state index is 13.1. The molecule has 2 aromatic carbocycles. The van der Waals surface area contributed by atoms with Gasteiger partial charge in [-0.15, -0.1) is 0 Å². The molecule has 0 saturated heterocycles. The zero-order chi connectivity index (χ0) is 17.5. The van der Waals surface area contributed by atoms with Gasteiger partial charge in [-0.3, -0.25) is 4.31 Å². The molecule has 0 fully saturated rings. The average molecular weight is 431 g/mol. The zero-order valence-electron chi connectivity index (χ0n) is 13.3. The molecule has 0 N–H and O–H groups in total. The van der Waals surface area contributed by atoms with E-state index >= 15 is 0 Å². The van der Waals surface area contributed by atoms with Crippen LogP contribution in [0.5, 0.6) is 5.75 Å². The summed E-state index contributed by atoms with van der Waals surface area (Å²) in [7, 11) is -3.69. The number of nitrogens with zero attached hydrogens (tertiary/aromatic N) is 1. The van der Waals surface area contributed by atoms with Gasteiger partial charge in [0.2, 0.25) is 0 Å². The van der Waals surface area contributed by atoms with Crippen molar-refractivity contribution in [3.05, 3.63) is 51.5 Å². The molecule has 0 saturated carbocycles. The van der Waals surface area contributed by atoms with Crippen LogP contribution in [0.2, 0.25) is 5.02 Å². The Hall–Kier alpha value is -1.24. The molecule has 3 rings (SSSR count). The van der Waals surface area contributed by atoms with Crippen LogP contribution >= 0.6 is 27.5 Å². The highest BCUT2D eigenvalue weighted by molar-refractivity contribution is 9.10. The molecule has 1 aliphatic heterocycles. The predicted octanol–water partition coefficient (Wildman–Crippen LogP) is 4.64. The van der Waals surface area contributed by atoms with Gasteiger partial charge in [0, 0.05) is 10.5 Å². The van der Waals surface area contributed by atoms with Gasteiger partial charge in [0.15, 0.2) is 0 Å². The summed E-state index contributed by atoms with van der Waals surface area (Å²) < 4.78 is 34.0. The van der Waals surface area contributed by atoms with Gasteiger partial charge in [-0.1, -0.05) is 27.5 Å². The number of hydrogen-bond acceptors (Lipinski definition) is 3. The number of fused-ring (bicyclic) bond motifs is 1. The Bertz CT molecular complexity index is 885. The second kappa shape index (κ2) is 6.58. The van der Waals surface area contributed by atoms with E-state index in [9.17, 15) is 8.42 Å². The van der Waals surface area contributed by atoms with Crippen LogP contribution in [-0.4, -0.2) is 21.1 Å². The number of sulfonamides is 1. The van der Waals surface area contributed by atoms with Gasteiger partial charge in [-0.2, -0.15) is 0 Å². The van der Waals surface area contributed by atoms with E-state index in [4.69, 9.17) is 16.3 Å². The van der Waals surface area contributed by atoms with Gasteiger partial charge < -0.3 is 4.74 Å². The van der Waals surface area contributed by atoms with Gasteiger partial charge in [-0.25, -0.2) is 8.42 Å². The molecule has 0 radical (unpaired) electrons. The molecule has 1 aliphatic rings. The summed E-state index contributed by atoms with van der Waals surface area (Å²) in [5, 5.41) is 0.292. The summed E-state index contributed by atoms with van der Waals surface area (Å²) in [4.78, 5) is 0.165. The summed E-state index contributed by atoms with van der Waals surface area (Å²) >= 11 is 9.60. The van der Waals surface area contributed by atoms with E-state index < -0.39 is 10.0 Å². The molecular formula is C17H17BrClNO3S. The topological polar surface area (TPSA) is 46.6 Å². The third-order valence-corrected chi connectivity index (χ3v) is 6.67. The molecule has 0 bridgehead atoms. The van der Waals surface area contributed by atoms with Crippen LogP contribution in [0.15, 0.2) is 45.8 Å². The number of benzene rings is 2. The van der Waals surface area contributed by atoms with E-state index in [2.05, 4.69) is 15.9 Å². The van der Waals surface area contributed by atoms with E-state index in [-0.39, 0.29) is 10.9 Å². The molecule has 24 heavy (non-hydrogen) atoms. The van der Waals surface area contributed by atoms with Crippen molar-refractivity contribution in [2.75, 3.05) is 10.9 Å². The van der Waals surface area contributed by atoms with E-state index in [1.165, 1.54) is 16.4 Å². The molecule has 0 aromatic heterocycles. The lowest BCUT2D eigenvalue weighted by molar-refractivity contribution is 0.340. The molecule has 0 aliphatic carbocycles. The van der Waals surface area contributed by atoms with Gasteiger partial charge in [0.25, 0.3) is 10.0 Å². The largest absolute Gasteiger partial charge is 0.492 e. The van der Waals surface area contributed by atoms with Crippen LogP contribution in [0.25, 0.3) is 0 Å². The second-order valence-electron chi connectivity index (χ2n) is 5.65. The van der Waals surface area contributed by atoms with E-state index in [0.29, 0.717) is 23.8 Å². The van der Waals surface area contributed by atoms with Crippen molar-refractivity contribution in [2.45, 2.75) is 31.2 Å². The minimum Gasteiger partial charge on any atom is -0.492 e. The molecule has 1 heterocycles. The lowest BCUT2D eigenvalue weighted by Crippen LogP contribution is -2.35. The number of anilines is 1. The van der Waals surface area contributed by atoms with Crippen LogP contribution in [-0.2, 0) is 16.4 Å². The molecule has 2 aromatic rings. The molecule has 0 spiro atoms. The summed E-state index contributed by atoms with van der Waals surface area (Å²) in [6, 6.07) is 10.1. The van der Waals surface area contributed by atoms with E-state index in [1.807, 2.05) is 32.0 Å². The average Bonchev–Trinajstić information content (AvgIpc) is 2.84. The first kappa shape index (κ1) is 17.6. The number of halogens is 2. The standard InChI is InChI=1S/C17H17BrClNO3S/c1-3-23-17-7-5-14(10-15(17)19)24(21,22)20-11(2)8-12-9-13(18)4-6-16(12)20/h4-7,9-11H,3,8H2,1-2H3/t11-/m1/s1. The highest BCUT2D eigenvalue weighted by Crippen LogP contribution is 2.39. The molecule has 1 atom stereocenters. The monoisotopic (exact) mass is 429 g/mol. The maximum atomic E-state index is 13.1. The maximum Gasteiger partial charge on any atom is 0.264 e. The Labute approximate surface area is 155 Å². The lowest BCUT2D eigenvalue weighted by atomic mass is 10.1. The first-order valence-corrected chi connectivity index (χ1v) is 10.2. The number of hydrogen-bond donors (Lipinski definition) is 0. The zero-order valence-corrected chi connectivity index (χ0v) is 16.5. The minimum atomic E-state index is -3.69. The number of rotatable bonds is 4. The predicted molar refractivity (Wildman–Crippen MR) is 99.6 cm³/mol. The summed E-state index contributed by atoms with van der Waals surface area (Å²) in [6.45, 7) is 4.22. The normalized spacial score (nSPS) is 17.0. The SMILES string of the molecule is CCOc1ccc(S(=O)(=O)N2c3ccc(Br)cc3C[C@H]2C)cc1Cl. The fourth-order valence-corrected chi connectivity index (χ4v) is 5.39. The van der Waals surface area contributed by atoms with Crippen LogP contribution in [0.4, 0.5) is 5.69 Å². The first-order valence-electron chi connectivity index (χ1n) is 7.59. The molecule has 0 unspecified atom stereocenters. The molecule has 0 amide bonds. The van der Waals surface area contributed by atoms with E-state index in [0.717, 1.165) is 15.7 Å². The Morgan fingerprint density at radius 2 is 2.04 bits per heavy atom. The Morgan fingerprint density at radius 3 is 2.71 bits per heavy atom. The van der Waals surface area contributed by atoms with Crippen molar-refractivity contribution in [3.63, 3.8) is 0 Å². The summed E-state index contributed by atoms with van der Waals surface area (Å²) in [5.74, 6) is 0.483. The van der Waals surface area contributed by atoms with Crippen molar-refractivity contribution in [3.8, 4) is 5.75 Å². The van der Waals surface area contributed by atoms with Gasteiger partial charge in [0.1, 0.15) is 5.75 Å². The third kappa shape index (κ3) is 3.03. The van der Waals surface area contributed by atoms with Crippen molar-refractivity contribution in [2.24, 2.45) is 0 Å². The Balaban J connectivity index is 2.04. The van der Waals surface area contributed by atoms with Crippen LogP contribution in [0.1, 0.15) is 19.4 Å². The van der Waals surface area contributed by atoms with Gasteiger partial charge in [0.05, 0.1) is 22.2 Å². The smallest absolute Gasteiger partial charge is 0.264 e. The Kier molecular flexibility index (Phi) is 4.82. The molecular weight excluding hydrogens is 414 g/mol. The molecule has 7 heteroatoms. The molecule has 128 valence electrons. The van der Waals surface area contributed by atoms with Gasteiger partial charge in [-0.05, 0) is 62.2 Å². The van der Waals surface area contributed by atoms with Gasteiger partial charge >= 0.3 is 0 Å². The fraction of sp³-hybridized carbons (Fsp3) is 0.294. The quantitative estimate of drug-likeness (QED) is 0.710. The number of ether oxygens (including phenoxy) is 1. The third-order valence-electron chi connectivity index (χ3n) is 3.95. The first-order chi connectivity index (χ1) is 11.3. The van der Waals surface area contributed by atoms with Crippen LogP contribution < -0.4 is 9.04 Å². The van der Waals surface area contributed by atoms with Crippen molar-refractivity contribution < 1.29 is 13.2 Å². The summed E-state index contributed by atoms with van der Waals surface area (Å²) in [5.41, 5.74) is 1.73. The van der Waals surface area contributed by atoms with Crippen LogP contribution in [0.3, 0.4) is 0 Å². The van der Waals surface area contributed by atoms with Crippen LogP contribution in [0, 0.1) is 0 Å². The minimum absolute atomic E-state index is 0.148. The van der Waals surface area contributed by atoms with Crippen molar-refractivity contribution in [1.29, 1.82) is 0 Å². The lowest BCUT2D eigenvalue weighted by Gasteiger charge is -2.24. The van der Waals surface area contributed by atoms with E-state index in [1.54, 1.807) is 6.07 Å². The Morgan fingerprint density at radius 1 is 1.29 bits per heavy atom. The van der Waals surface area contributed by atoms with Crippen molar-refractivity contribution in [1.82, 2.24) is 0 Å². The van der Waals surface area contributed by atoms with Crippen molar-refractivity contribution >= 4 is 43.2 Å².